The highest BCUT2D eigenvalue weighted by Gasteiger charge is 2.20. The molecule has 0 aliphatic heterocycles. The number of ether oxygens (including phenoxy) is 1. The van der Waals surface area contributed by atoms with Gasteiger partial charge in [-0.3, -0.25) is 0 Å². The summed E-state index contributed by atoms with van der Waals surface area (Å²) in [5.41, 5.74) is 0.990. The molecule has 0 bridgehead atoms. The highest BCUT2D eigenvalue weighted by Crippen LogP contribution is 2.24. The maximum Gasteiger partial charge on any atom is 0.315 e. The van der Waals surface area contributed by atoms with Gasteiger partial charge in [0.25, 0.3) is 0 Å². The summed E-state index contributed by atoms with van der Waals surface area (Å²) in [5.74, 6) is 2.10. The van der Waals surface area contributed by atoms with Gasteiger partial charge in [-0.1, -0.05) is 12.1 Å². The highest BCUT2D eigenvalue weighted by molar-refractivity contribution is 5.73. The fraction of sp³-hybridized carbons (Fsp3) is 0.211. The van der Waals surface area contributed by atoms with Crippen LogP contribution in [-0.2, 0) is 6.54 Å². The Labute approximate surface area is 145 Å². The summed E-state index contributed by atoms with van der Waals surface area (Å²) in [7, 11) is 1.62. The van der Waals surface area contributed by atoms with Crippen LogP contribution in [0.25, 0.3) is 0 Å². The van der Waals surface area contributed by atoms with E-state index >= 15 is 0 Å². The maximum absolute atomic E-state index is 12.1. The number of nitrogens with one attached hydrogen (secondary N) is 2. The topological polar surface area (TPSA) is 76.6 Å². The van der Waals surface area contributed by atoms with Gasteiger partial charge in [-0.2, -0.15) is 0 Å². The van der Waals surface area contributed by atoms with Gasteiger partial charge in [-0.05, 0) is 42.0 Å². The van der Waals surface area contributed by atoms with Crippen LogP contribution in [0.15, 0.2) is 69.9 Å². The van der Waals surface area contributed by atoms with E-state index in [4.69, 9.17) is 13.6 Å². The minimum Gasteiger partial charge on any atom is -0.497 e. The quantitative estimate of drug-likeness (QED) is 0.690. The summed E-state index contributed by atoms with van der Waals surface area (Å²) in [6.45, 7) is 0.803. The molecule has 0 unspecified atom stereocenters. The monoisotopic (exact) mass is 340 g/mol. The number of furan rings is 2. The Morgan fingerprint density at radius 1 is 1.00 bits per heavy atom. The maximum atomic E-state index is 12.1. The molecular weight excluding hydrogens is 320 g/mol. The van der Waals surface area contributed by atoms with Crippen LogP contribution in [0.2, 0.25) is 0 Å². The Bertz CT molecular complexity index is 730. The van der Waals surface area contributed by atoms with Gasteiger partial charge >= 0.3 is 6.03 Å². The number of hydrogen-bond donors (Lipinski definition) is 2. The number of carbonyl (C=O) groups is 1. The first-order chi connectivity index (χ1) is 12.3. The van der Waals surface area contributed by atoms with Crippen molar-refractivity contribution in [1.29, 1.82) is 0 Å². The lowest BCUT2D eigenvalue weighted by Gasteiger charge is -2.14. The summed E-state index contributed by atoms with van der Waals surface area (Å²) in [6.07, 6.45) is 3.21. The predicted molar refractivity (Wildman–Crippen MR) is 92.5 cm³/mol. The Balaban J connectivity index is 1.53. The molecule has 2 aromatic heterocycles. The molecule has 3 rings (SSSR count). The van der Waals surface area contributed by atoms with E-state index in [0.29, 0.717) is 13.1 Å². The second-order valence-electron chi connectivity index (χ2n) is 5.50. The zero-order chi connectivity index (χ0) is 17.5. The van der Waals surface area contributed by atoms with Crippen LogP contribution in [0.1, 0.15) is 23.0 Å². The molecule has 25 heavy (non-hydrogen) atoms. The van der Waals surface area contributed by atoms with E-state index in [9.17, 15) is 4.79 Å². The van der Waals surface area contributed by atoms with Crippen molar-refractivity contribution in [2.75, 3.05) is 13.7 Å². The van der Waals surface area contributed by atoms with Gasteiger partial charge in [-0.25, -0.2) is 4.79 Å². The van der Waals surface area contributed by atoms with Crippen molar-refractivity contribution in [3.05, 3.63) is 78.1 Å². The summed E-state index contributed by atoms with van der Waals surface area (Å²) in [6, 6.07) is 14.6. The molecule has 1 aromatic carbocycles. The van der Waals surface area contributed by atoms with E-state index in [2.05, 4.69) is 10.6 Å². The first-order valence-electron chi connectivity index (χ1n) is 7.97. The normalized spacial score (nSPS) is 10.6. The molecule has 2 N–H and O–H groups in total. The molecular formula is C19H20N2O4. The van der Waals surface area contributed by atoms with Crippen molar-refractivity contribution in [1.82, 2.24) is 10.6 Å². The minimum absolute atomic E-state index is 0.170. The summed E-state index contributed by atoms with van der Waals surface area (Å²) < 4.78 is 16.0. The molecule has 2 amide bonds. The van der Waals surface area contributed by atoms with Gasteiger partial charge in [0.1, 0.15) is 17.3 Å². The molecule has 0 atom stereocenters. The van der Waals surface area contributed by atoms with Crippen molar-refractivity contribution in [3.8, 4) is 5.75 Å². The smallest absolute Gasteiger partial charge is 0.315 e. The van der Waals surface area contributed by atoms with Gasteiger partial charge in [0.05, 0.1) is 25.6 Å². The Morgan fingerprint density at radius 3 is 2.16 bits per heavy atom. The van der Waals surface area contributed by atoms with Crippen LogP contribution < -0.4 is 15.4 Å². The first kappa shape index (κ1) is 16.7. The molecule has 0 aliphatic rings. The van der Waals surface area contributed by atoms with E-state index in [-0.39, 0.29) is 11.9 Å². The zero-order valence-corrected chi connectivity index (χ0v) is 13.9. The Kier molecular flexibility index (Phi) is 5.41. The lowest BCUT2D eigenvalue weighted by Crippen LogP contribution is -2.37. The molecule has 0 saturated carbocycles. The van der Waals surface area contributed by atoms with E-state index in [0.717, 1.165) is 22.8 Å². The molecule has 0 radical (unpaired) electrons. The van der Waals surface area contributed by atoms with E-state index in [1.54, 1.807) is 19.6 Å². The fourth-order valence-electron chi connectivity index (χ4n) is 2.50. The second-order valence-corrected chi connectivity index (χ2v) is 5.50. The standard InChI is InChI=1S/C19H20N2O4/c1-23-15-8-6-14(7-9-15)12-20-19(22)21-13-16(17-4-2-10-24-17)18-5-3-11-25-18/h2-11,16H,12-13H2,1H3,(H2,20,21,22). The van der Waals surface area contributed by atoms with Crippen LogP contribution in [0, 0.1) is 0 Å². The van der Waals surface area contributed by atoms with E-state index in [1.165, 1.54) is 0 Å². The fourth-order valence-corrected chi connectivity index (χ4v) is 2.50. The third-order valence-corrected chi connectivity index (χ3v) is 3.85. The Hall–Kier alpha value is -3.15. The molecule has 0 fully saturated rings. The number of hydrogen-bond acceptors (Lipinski definition) is 4. The molecule has 6 nitrogen and oxygen atoms in total. The van der Waals surface area contributed by atoms with Crippen LogP contribution in [0.3, 0.4) is 0 Å². The number of urea groups is 1. The van der Waals surface area contributed by atoms with Crippen molar-refractivity contribution in [3.63, 3.8) is 0 Å². The van der Waals surface area contributed by atoms with Gasteiger partial charge in [0, 0.05) is 13.1 Å². The molecule has 6 heteroatoms. The predicted octanol–water partition coefficient (Wildman–Crippen LogP) is 3.51. The average Bonchev–Trinajstić information content (AvgIpc) is 3.35. The van der Waals surface area contributed by atoms with Crippen LogP contribution >= 0.6 is 0 Å². The molecule has 3 aromatic rings. The first-order valence-corrected chi connectivity index (χ1v) is 7.97. The summed E-state index contributed by atoms with van der Waals surface area (Å²) >= 11 is 0. The van der Waals surface area contributed by atoms with Gasteiger partial charge < -0.3 is 24.2 Å². The van der Waals surface area contributed by atoms with Crippen molar-refractivity contribution < 1.29 is 18.4 Å². The minimum atomic E-state index is -0.251. The third-order valence-electron chi connectivity index (χ3n) is 3.85. The number of carbonyl (C=O) groups excluding carboxylic acids is 1. The SMILES string of the molecule is COc1ccc(CNC(=O)NCC(c2ccco2)c2ccco2)cc1. The number of rotatable bonds is 7. The third kappa shape index (κ3) is 4.44. The summed E-state index contributed by atoms with van der Waals surface area (Å²) in [4.78, 5) is 12.1. The molecule has 130 valence electrons. The average molecular weight is 340 g/mol. The van der Waals surface area contributed by atoms with Crippen LogP contribution in [-0.4, -0.2) is 19.7 Å². The van der Waals surface area contributed by atoms with Crippen molar-refractivity contribution >= 4 is 6.03 Å². The largest absolute Gasteiger partial charge is 0.497 e. The molecule has 0 spiro atoms. The zero-order valence-electron chi connectivity index (χ0n) is 13.9. The van der Waals surface area contributed by atoms with Gasteiger partial charge in [0.15, 0.2) is 0 Å². The molecule has 0 saturated heterocycles. The van der Waals surface area contributed by atoms with Crippen LogP contribution in [0.5, 0.6) is 5.75 Å². The van der Waals surface area contributed by atoms with E-state index < -0.39 is 0 Å². The highest BCUT2D eigenvalue weighted by atomic mass is 16.5. The number of benzene rings is 1. The lowest BCUT2D eigenvalue weighted by atomic mass is 10.0. The van der Waals surface area contributed by atoms with Crippen molar-refractivity contribution in [2.45, 2.75) is 12.5 Å². The number of amides is 2. The van der Waals surface area contributed by atoms with E-state index in [1.807, 2.05) is 48.5 Å². The summed E-state index contributed by atoms with van der Waals surface area (Å²) in [5, 5.41) is 5.69. The molecule has 2 heterocycles. The molecule has 0 aliphatic carbocycles. The van der Waals surface area contributed by atoms with Crippen LogP contribution in [0.4, 0.5) is 4.79 Å². The number of methoxy groups -OCH3 is 1. The van der Waals surface area contributed by atoms with Crippen molar-refractivity contribution in [2.24, 2.45) is 0 Å². The van der Waals surface area contributed by atoms with Gasteiger partial charge in [-0.15, -0.1) is 0 Å². The Morgan fingerprint density at radius 2 is 1.64 bits per heavy atom. The van der Waals surface area contributed by atoms with Gasteiger partial charge in [0.2, 0.25) is 0 Å². The second kappa shape index (κ2) is 8.10. The lowest BCUT2D eigenvalue weighted by molar-refractivity contribution is 0.239.